The molecule has 30 heavy (non-hydrogen) atoms. The Bertz CT molecular complexity index is 1190. The average molecular weight is 428 g/mol. The van der Waals surface area contributed by atoms with Gasteiger partial charge in [0.15, 0.2) is 0 Å². The summed E-state index contributed by atoms with van der Waals surface area (Å²) in [5.41, 5.74) is 0.852. The third-order valence-corrected chi connectivity index (χ3v) is 6.78. The molecular weight excluding hydrogens is 410 g/mol. The number of amides is 1. The van der Waals surface area contributed by atoms with Gasteiger partial charge >= 0.3 is 0 Å². The Morgan fingerprint density at radius 3 is 2.33 bits per heavy atom. The number of hydrogen-bond acceptors (Lipinski definition) is 3. The number of halogens is 2. The molecule has 1 aliphatic rings. The number of carbonyl (C=O) groups excluding carboxylic acids is 1. The summed E-state index contributed by atoms with van der Waals surface area (Å²) < 4.78 is 55.1. The minimum Gasteiger partial charge on any atom is -0.317 e. The number of anilines is 2. The molecule has 8 heteroatoms. The molecule has 3 aromatic carbocycles. The van der Waals surface area contributed by atoms with Crippen LogP contribution in [0.4, 0.5) is 20.2 Å². The van der Waals surface area contributed by atoms with Crippen LogP contribution in [0.15, 0.2) is 71.6 Å². The van der Waals surface area contributed by atoms with E-state index >= 15 is 0 Å². The second-order valence-corrected chi connectivity index (χ2v) is 8.75. The third kappa shape index (κ3) is 3.66. The number of aryl methyl sites for hydroxylation is 1. The fourth-order valence-electron chi connectivity index (χ4n) is 3.48. The van der Waals surface area contributed by atoms with Crippen LogP contribution >= 0.6 is 0 Å². The van der Waals surface area contributed by atoms with Crippen LogP contribution < -0.4 is 9.62 Å². The van der Waals surface area contributed by atoms with E-state index in [4.69, 9.17) is 0 Å². The van der Waals surface area contributed by atoms with E-state index in [-0.39, 0.29) is 10.5 Å². The van der Waals surface area contributed by atoms with E-state index in [1.807, 2.05) is 0 Å². The van der Waals surface area contributed by atoms with Gasteiger partial charge in [-0.1, -0.05) is 24.3 Å². The molecule has 0 fully saturated rings. The van der Waals surface area contributed by atoms with Gasteiger partial charge in [0.1, 0.15) is 17.3 Å². The van der Waals surface area contributed by atoms with E-state index in [2.05, 4.69) is 5.32 Å². The molecule has 0 spiro atoms. The quantitative estimate of drug-likeness (QED) is 0.672. The van der Waals surface area contributed by atoms with Gasteiger partial charge in [-0.3, -0.25) is 9.10 Å². The molecule has 0 bridgehead atoms. The molecule has 0 unspecified atom stereocenters. The average Bonchev–Trinajstić information content (AvgIpc) is 2.76. The van der Waals surface area contributed by atoms with E-state index in [0.29, 0.717) is 30.6 Å². The first kappa shape index (κ1) is 20.0. The summed E-state index contributed by atoms with van der Waals surface area (Å²) in [4.78, 5) is 12.7. The van der Waals surface area contributed by atoms with Crippen LogP contribution in [0.5, 0.6) is 0 Å². The maximum atomic E-state index is 13.8. The highest BCUT2D eigenvalue weighted by Crippen LogP contribution is 2.33. The molecule has 4 rings (SSSR count). The normalized spacial score (nSPS) is 13.6. The number of sulfonamides is 1. The smallest absolute Gasteiger partial charge is 0.264 e. The number of benzene rings is 3. The van der Waals surface area contributed by atoms with Crippen molar-refractivity contribution >= 4 is 27.3 Å². The molecule has 0 atom stereocenters. The Hall–Kier alpha value is -3.26. The largest absolute Gasteiger partial charge is 0.317 e. The van der Waals surface area contributed by atoms with Crippen molar-refractivity contribution in [3.05, 3.63) is 89.5 Å². The number of nitrogens with zero attached hydrogens (tertiary/aromatic N) is 1. The van der Waals surface area contributed by atoms with Gasteiger partial charge in [0, 0.05) is 12.1 Å². The Kier molecular flexibility index (Phi) is 5.26. The summed E-state index contributed by atoms with van der Waals surface area (Å²) in [5, 5.41) is 2.25. The number of para-hydroxylation sites is 1. The molecule has 0 aliphatic carbocycles. The van der Waals surface area contributed by atoms with Gasteiger partial charge in [0.25, 0.3) is 15.9 Å². The molecule has 3 aromatic rings. The van der Waals surface area contributed by atoms with Gasteiger partial charge < -0.3 is 5.32 Å². The van der Waals surface area contributed by atoms with Crippen molar-refractivity contribution in [3.63, 3.8) is 0 Å². The van der Waals surface area contributed by atoms with Gasteiger partial charge in [-0.15, -0.1) is 0 Å². The van der Waals surface area contributed by atoms with Crippen LogP contribution in [0.25, 0.3) is 0 Å². The Morgan fingerprint density at radius 2 is 1.63 bits per heavy atom. The molecule has 154 valence electrons. The maximum absolute atomic E-state index is 13.8. The monoisotopic (exact) mass is 428 g/mol. The van der Waals surface area contributed by atoms with Crippen LogP contribution in [-0.2, 0) is 16.4 Å². The third-order valence-electron chi connectivity index (χ3n) is 4.95. The highest BCUT2D eigenvalue weighted by molar-refractivity contribution is 7.92. The molecule has 1 N–H and O–H groups in total. The van der Waals surface area contributed by atoms with Crippen LogP contribution in [0, 0.1) is 11.6 Å². The minimum absolute atomic E-state index is 0.190. The molecule has 0 saturated carbocycles. The molecule has 1 amide bonds. The Labute approximate surface area is 173 Å². The lowest BCUT2D eigenvalue weighted by Gasteiger charge is -2.30. The molecule has 5 nitrogen and oxygen atoms in total. The number of rotatable bonds is 4. The predicted molar refractivity (Wildman–Crippen MR) is 110 cm³/mol. The lowest BCUT2D eigenvalue weighted by molar-refractivity contribution is 0.102. The van der Waals surface area contributed by atoms with Crippen LogP contribution in [0.3, 0.4) is 0 Å². The zero-order valence-corrected chi connectivity index (χ0v) is 16.6. The van der Waals surface area contributed by atoms with Gasteiger partial charge in [0.05, 0.1) is 10.6 Å². The zero-order chi connectivity index (χ0) is 21.3. The van der Waals surface area contributed by atoms with Crippen molar-refractivity contribution in [2.75, 3.05) is 16.2 Å². The Morgan fingerprint density at radius 1 is 0.933 bits per heavy atom. The van der Waals surface area contributed by atoms with E-state index < -0.39 is 33.3 Å². The highest BCUT2D eigenvalue weighted by Gasteiger charge is 2.29. The molecule has 1 aliphatic heterocycles. The first-order valence-corrected chi connectivity index (χ1v) is 10.8. The summed E-state index contributed by atoms with van der Waals surface area (Å²) in [6.45, 7) is 0.330. The lowest BCUT2D eigenvalue weighted by atomic mass is 10.0. The fraction of sp³-hybridized carbons (Fsp3) is 0.136. The minimum atomic E-state index is -3.73. The summed E-state index contributed by atoms with van der Waals surface area (Å²) in [6, 6.07) is 16.0. The topological polar surface area (TPSA) is 66.5 Å². The summed E-state index contributed by atoms with van der Waals surface area (Å²) in [6.07, 6.45) is 1.18. The highest BCUT2D eigenvalue weighted by atomic mass is 32.2. The van der Waals surface area contributed by atoms with Crippen molar-refractivity contribution < 1.29 is 22.0 Å². The molecule has 1 heterocycles. The van der Waals surface area contributed by atoms with Crippen molar-refractivity contribution in [2.45, 2.75) is 17.7 Å². The molecule has 0 saturated heterocycles. The van der Waals surface area contributed by atoms with Crippen molar-refractivity contribution in [1.82, 2.24) is 0 Å². The fourth-order valence-corrected chi connectivity index (χ4v) is 5.04. The summed E-state index contributed by atoms with van der Waals surface area (Å²) >= 11 is 0. The van der Waals surface area contributed by atoms with Gasteiger partial charge in [-0.05, 0) is 60.9 Å². The van der Waals surface area contributed by atoms with Crippen molar-refractivity contribution in [1.29, 1.82) is 0 Å². The van der Waals surface area contributed by atoms with Gasteiger partial charge in [-0.25, -0.2) is 17.2 Å². The SMILES string of the molecule is O=C(Nc1c(F)cccc1F)c1ccc2c(c1)CCCN2S(=O)(=O)c1ccccc1. The maximum Gasteiger partial charge on any atom is 0.264 e. The van der Waals surface area contributed by atoms with Crippen LogP contribution in [-0.4, -0.2) is 20.9 Å². The second-order valence-electron chi connectivity index (χ2n) is 6.89. The van der Waals surface area contributed by atoms with Crippen molar-refractivity contribution in [3.8, 4) is 0 Å². The van der Waals surface area contributed by atoms with E-state index in [1.54, 1.807) is 30.3 Å². The summed E-state index contributed by atoms with van der Waals surface area (Å²) in [7, 11) is -3.73. The number of hydrogen-bond donors (Lipinski definition) is 1. The molecule has 0 aromatic heterocycles. The van der Waals surface area contributed by atoms with Crippen LogP contribution in [0.2, 0.25) is 0 Å². The number of nitrogens with one attached hydrogen (secondary N) is 1. The second kappa shape index (κ2) is 7.87. The summed E-state index contributed by atoms with van der Waals surface area (Å²) in [5.74, 6) is -2.42. The molecule has 0 radical (unpaired) electrons. The van der Waals surface area contributed by atoms with Gasteiger partial charge in [-0.2, -0.15) is 0 Å². The lowest BCUT2D eigenvalue weighted by Crippen LogP contribution is -2.35. The predicted octanol–water partition coefficient (Wildman–Crippen LogP) is 4.36. The van der Waals surface area contributed by atoms with Crippen molar-refractivity contribution in [2.24, 2.45) is 0 Å². The van der Waals surface area contributed by atoms with E-state index in [0.717, 1.165) is 12.1 Å². The Balaban J connectivity index is 1.65. The number of carbonyl (C=O) groups is 1. The van der Waals surface area contributed by atoms with E-state index in [9.17, 15) is 22.0 Å². The number of fused-ring (bicyclic) bond motifs is 1. The molecular formula is C22H18F2N2O3S. The zero-order valence-electron chi connectivity index (χ0n) is 15.8. The van der Waals surface area contributed by atoms with E-state index in [1.165, 1.54) is 28.6 Å². The first-order chi connectivity index (χ1) is 14.4. The first-order valence-electron chi connectivity index (χ1n) is 9.34. The van der Waals surface area contributed by atoms with Crippen LogP contribution in [0.1, 0.15) is 22.3 Å². The van der Waals surface area contributed by atoms with Gasteiger partial charge in [0.2, 0.25) is 0 Å². The standard InChI is InChI=1S/C22H18F2N2O3S/c23-18-9-4-10-19(24)21(18)25-22(27)16-11-12-20-15(14-16)6-5-13-26(20)30(28,29)17-7-2-1-3-8-17/h1-4,7-12,14H,5-6,13H2,(H,25,27).